The number of likely N-dealkylation sites (tertiary alicyclic amines) is 1. The van der Waals surface area contributed by atoms with Crippen molar-refractivity contribution in [2.45, 2.75) is 44.0 Å². The van der Waals surface area contributed by atoms with E-state index in [4.69, 9.17) is 14.7 Å². The number of likely N-dealkylation sites (N-methyl/N-ethyl adjacent to an activating group) is 1. The molecule has 3 aromatic rings. The molecule has 0 spiro atoms. The van der Waals surface area contributed by atoms with Crippen molar-refractivity contribution < 1.29 is 14.6 Å². The van der Waals surface area contributed by atoms with Crippen molar-refractivity contribution in [2.24, 2.45) is 0 Å². The molecule has 3 atom stereocenters. The number of hydrogen-bond acceptors (Lipinski definition) is 9. The van der Waals surface area contributed by atoms with Crippen LogP contribution in [0.3, 0.4) is 0 Å². The minimum atomic E-state index is -0.359. The van der Waals surface area contributed by atoms with Crippen molar-refractivity contribution in [3.8, 4) is 12.1 Å². The van der Waals surface area contributed by atoms with E-state index in [2.05, 4.69) is 86.3 Å². The zero-order valence-electron chi connectivity index (χ0n) is 24.3. The Morgan fingerprint density at radius 2 is 2.00 bits per heavy atom. The first-order chi connectivity index (χ1) is 20.9. The number of β-amino-alcohol motifs (C(OH)–C–C–N with tert-alkyl or cyclic N) is 1. The Kier molecular flexibility index (Phi) is 8.70. The molecule has 0 unspecified atom stereocenters. The van der Waals surface area contributed by atoms with Crippen molar-refractivity contribution in [3.63, 3.8) is 0 Å². The molecule has 0 aliphatic carbocycles. The second-order valence-electron chi connectivity index (χ2n) is 11.5. The lowest BCUT2D eigenvalue weighted by Gasteiger charge is -2.42. The SMILES string of the molecule is C=CC(=O)N1CCN(c2nc(OC[C@@H]3C[C@@H](O)CN3C)nc3c2CCN(c2c(I)ccc4ccccc24)C3)C[C@@H]1CC#N. The van der Waals surface area contributed by atoms with Gasteiger partial charge < -0.3 is 24.5 Å². The molecule has 1 N–H and O–H groups in total. The molecule has 1 amide bonds. The van der Waals surface area contributed by atoms with Gasteiger partial charge in [-0.2, -0.15) is 15.2 Å². The van der Waals surface area contributed by atoms with E-state index in [1.807, 2.05) is 7.05 Å². The molecule has 3 aliphatic heterocycles. The molecule has 10 nitrogen and oxygen atoms in total. The number of aliphatic hydroxyl groups excluding tert-OH is 1. The number of carbonyl (C=O) groups is 1. The minimum Gasteiger partial charge on any atom is -0.462 e. The van der Waals surface area contributed by atoms with Crippen LogP contribution in [0.5, 0.6) is 6.01 Å². The minimum absolute atomic E-state index is 0.0836. The average Bonchev–Trinajstić information content (AvgIpc) is 3.35. The normalized spacial score (nSPS) is 22.4. The number of hydrogen-bond donors (Lipinski definition) is 1. The molecule has 1 aromatic heterocycles. The van der Waals surface area contributed by atoms with Crippen LogP contribution in [0.4, 0.5) is 11.5 Å². The van der Waals surface area contributed by atoms with Crippen molar-refractivity contribution in [1.29, 1.82) is 5.26 Å². The highest BCUT2D eigenvalue weighted by Gasteiger charge is 2.34. The van der Waals surface area contributed by atoms with Crippen LogP contribution < -0.4 is 14.5 Å². The van der Waals surface area contributed by atoms with E-state index in [0.29, 0.717) is 51.8 Å². The van der Waals surface area contributed by atoms with Gasteiger partial charge in [-0.3, -0.25) is 9.69 Å². The molecule has 2 saturated heterocycles. The zero-order valence-corrected chi connectivity index (χ0v) is 26.5. The van der Waals surface area contributed by atoms with Gasteiger partial charge in [-0.15, -0.1) is 0 Å². The second kappa shape index (κ2) is 12.6. The van der Waals surface area contributed by atoms with Crippen LogP contribution in [0.1, 0.15) is 24.1 Å². The molecule has 0 saturated carbocycles. The van der Waals surface area contributed by atoms with Gasteiger partial charge in [-0.05, 0) is 60.0 Å². The number of ether oxygens (including phenoxy) is 1. The third kappa shape index (κ3) is 6.01. The van der Waals surface area contributed by atoms with Crippen LogP contribution in [-0.4, -0.2) is 95.3 Å². The Morgan fingerprint density at radius 1 is 1.16 bits per heavy atom. The second-order valence-corrected chi connectivity index (χ2v) is 12.7. The fourth-order valence-electron chi connectivity index (χ4n) is 6.61. The maximum Gasteiger partial charge on any atom is 0.318 e. The van der Waals surface area contributed by atoms with Gasteiger partial charge in [0.25, 0.3) is 0 Å². The number of nitriles is 1. The van der Waals surface area contributed by atoms with Gasteiger partial charge in [-0.25, -0.2) is 0 Å². The van der Waals surface area contributed by atoms with Gasteiger partial charge in [0, 0.05) is 53.3 Å². The molecule has 11 heteroatoms. The quantitative estimate of drug-likeness (QED) is 0.295. The number of anilines is 2. The fraction of sp³-hybridized carbons (Fsp3) is 0.438. The summed E-state index contributed by atoms with van der Waals surface area (Å²) < 4.78 is 7.43. The van der Waals surface area contributed by atoms with Crippen molar-refractivity contribution >= 4 is 50.8 Å². The number of aliphatic hydroxyl groups is 1. The molecule has 2 aromatic carbocycles. The molecule has 4 heterocycles. The summed E-state index contributed by atoms with van der Waals surface area (Å²) in [7, 11) is 1.99. The van der Waals surface area contributed by atoms with Crippen LogP contribution in [-0.2, 0) is 17.8 Å². The summed E-state index contributed by atoms with van der Waals surface area (Å²) in [6, 6.07) is 15.2. The van der Waals surface area contributed by atoms with E-state index in [1.54, 1.807) is 4.90 Å². The summed E-state index contributed by atoms with van der Waals surface area (Å²) >= 11 is 2.42. The lowest BCUT2D eigenvalue weighted by Crippen LogP contribution is -2.55. The largest absolute Gasteiger partial charge is 0.462 e. The number of carbonyl (C=O) groups excluding carboxylic acids is 1. The molecular formula is C32H36IN7O3. The highest BCUT2D eigenvalue weighted by molar-refractivity contribution is 14.1. The molecule has 3 aliphatic rings. The number of halogens is 1. The van der Waals surface area contributed by atoms with Crippen molar-refractivity contribution in [2.75, 3.05) is 56.2 Å². The lowest BCUT2D eigenvalue weighted by molar-refractivity contribution is -0.128. The Hall–Kier alpha value is -3.47. The molecule has 224 valence electrons. The smallest absolute Gasteiger partial charge is 0.318 e. The molecule has 0 bridgehead atoms. The van der Waals surface area contributed by atoms with Crippen LogP contribution in [0.15, 0.2) is 49.1 Å². The number of nitrogens with zero attached hydrogens (tertiary/aromatic N) is 7. The average molecular weight is 694 g/mol. The number of aromatic nitrogens is 2. The zero-order chi connectivity index (χ0) is 30.1. The van der Waals surface area contributed by atoms with Crippen LogP contribution in [0, 0.1) is 14.9 Å². The van der Waals surface area contributed by atoms with E-state index >= 15 is 0 Å². The highest BCUT2D eigenvalue weighted by Crippen LogP contribution is 2.37. The predicted molar refractivity (Wildman–Crippen MR) is 174 cm³/mol. The predicted octanol–water partition coefficient (Wildman–Crippen LogP) is 3.36. The third-order valence-corrected chi connectivity index (χ3v) is 9.70. The van der Waals surface area contributed by atoms with E-state index in [1.165, 1.54) is 26.1 Å². The Morgan fingerprint density at radius 3 is 2.77 bits per heavy atom. The summed E-state index contributed by atoms with van der Waals surface area (Å²) in [6.07, 6.45) is 2.60. The monoisotopic (exact) mass is 693 g/mol. The first kappa shape index (κ1) is 29.6. The van der Waals surface area contributed by atoms with Crippen molar-refractivity contribution in [1.82, 2.24) is 19.8 Å². The van der Waals surface area contributed by atoms with Crippen LogP contribution in [0.25, 0.3) is 10.8 Å². The van der Waals surface area contributed by atoms with Gasteiger partial charge in [0.2, 0.25) is 5.91 Å². The van der Waals surface area contributed by atoms with Gasteiger partial charge in [-0.1, -0.05) is 36.9 Å². The van der Waals surface area contributed by atoms with E-state index in [-0.39, 0.29) is 30.5 Å². The molecular weight excluding hydrogens is 657 g/mol. The number of piperazine rings is 1. The standard InChI is InChI=1S/C32H36IN7O3/c1-3-29(42)40-15-14-39(17-22(40)10-12-34)31-26-11-13-38(30-25-7-5-4-6-21(25)8-9-27(30)33)19-28(26)35-32(36-31)43-20-23-16-24(41)18-37(23)2/h3-9,22-24,41H,1,10-11,13-20H2,2H3/t22-,23-,24+/m0/s1. The first-order valence-corrected chi connectivity index (χ1v) is 15.8. The van der Waals surface area contributed by atoms with Gasteiger partial charge >= 0.3 is 6.01 Å². The summed E-state index contributed by atoms with van der Waals surface area (Å²) in [5, 5.41) is 22.1. The Bertz CT molecular complexity index is 1580. The van der Waals surface area contributed by atoms with Gasteiger partial charge in [0.1, 0.15) is 12.4 Å². The Labute approximate surface area is 265 Å². The van der Waals surface area contributed by atoms with E-state index in [0.717, 1.165) is 30.0 Å². The number of benzene rings is 2. The molecule has 0 radical (unpaired) electrons. The lowest BCUT2D eigenvalue weighted by atomic mass is 10.0. The van der Waals surface area contributed by atoms with Crippen LogP contribution >= 0.6 is 22.6 Å². The van der Waals surface area contributed by atoms with Crippen molar-refractivity contribution in [3.05, 3.63) is 63.9 Å². The number of amides is 1. The summed E-state index contributed by atoms with van der Waals surface area (Å²) in [5.74, 6) is 0.664. The topological polar surface area (TPSA) is 109 Å². The highest BCUT2D eigenvalue weighted by atomic mass is 127. The first-order valence-electron chi connectivity index (χ1n) is 14.7. The van der Waals surface area contributed by atoms with Crippen LogP contribution in [0.2, 0.25) is 0 Å². The molecule has 43 heavy (non-hydrogen) atoms. The third-order valence-electron chi connectivity index (χ3n) is 8.83. The number of rotatable bonds is 7. The summed E-state index contributed by atoms with van der Waals surface area (Å²) in [5.41, 5.74) is 3.22. The number of fused-ring (bicyclic) bond motifs is 2. The fourth-order valence-corrected chi connectivity index (χ4v) is 7.42. The Balaban J connectivity index is 1.34. The maximum atomic E-state index is 12.5. The molecule has 2 fully saturated rings. The molecule has 6 rings (SSSR count). The summed E-state index contributed by atoms with van der Waals surface area (Å²) in [4.78, 5) is 30.9. The van der Waals surface area contributed by atoms with Gasteiger partial charge in [0.05, 0.1) is 42.6 Å². The summed E-state index contributed by atoms with van der Waals surface area (Å²) in [6.45, 7) is 7.66. The maximum absolute atomic E-state index is 12.5. The van der Waals surface area contributed by atoms with Gasteiger partial charge in [0.15, 0.2) is 0 Å². The van der Waals surface area contributed by atoms with E-state index in [9.17, 15) is 15.2 Å². The van der Waals surface area contributed by atoms with E-state index < -0.39 is 0 Å².